The van der Waals surface area contributed by atoms with Crippen LogP contribution in [0.3, 0.4) is 0 Å². The summed E-state index contributed by atoms with van der Waals surface area (Å²) >= 11 is 1.43. The summed E-state index contributed by atoms with van der Waals surface area (Å²) in [4.78, 5) is 18.7. The maximum atomic E-state index is 12.6. The van der Waals surface area contributed by atoms with Crippen LogP contribution in [0.2, 0.25) is 0 Å². The van der Waals surface area contributed by atoms with Crippen LogP contribution < -0.4 is 0 Å². The van der Waals surface area contributed by atoms with Crippen LogP contribution in [-0.4, -0.2) is 73.1 Å². The van der Waals surface area contributed by atoms with Crippen molar-refractivity contribution in [2.75, 3.05) is 40.3 Å². The Kier molecular flexibility index (Phi) is 5.19. The maximum absolute atomic E-state index is 12.6. The molecule has 0 unspecified atom stereocenters. The number of rotatable bonds is 4. The molecule has 1 amide bonds. The van der Waals surface area contributed by atoms with Gasteiger partial charge in [0.25, 0.3) is 16.1 Å². The Morgan fingerprint density at radius 3 is 2.36 bits per heavy atom. The molecule has 25 heavy (non-hydrogen) atoms. The van der Waals surface area contributed by atoms with Gasteiger partial charge in [-0.2, -0.15) is 17.0 Å². The molecular weight excluding hydrogens is 360 g/mol. The topological polar surface area (TPSA) is 73.8 Å². The first-order valence-electron chi connectivity index (χ1n) is 7.87. The van der Waals surface area contributed by atoms with Crippen LogP contribution in [0.1, 0.15) is 10.5 Å². The Bertz CT molecular complexity index is 841. The molecule has 0 radical (unpaired) electrons. The van der Waals surface area contributed by atoms with Crippen molar-refractivity contribution < 1.29 is 13.2 Å². The second-order valence-corrected chi connectivity index (χ2v) is 8.89. The molecule has 2 aromatic rings. The highest BCUT2D eigenvalue weighted by atomic mass is 32.2. The van der Waals surface area contributed by atoms with E-state index in [1.165, 1.54) is 34.0 Å². The number of nitrogens with zero attached hydrogens (tertiary/aromatic N) is 4. The SMILES string of the molecule is CN(C)S(=O)(=O)N1CCN(C(=O)c2csc(-c3ccccc3)n2)CC1. The molecule has 0 N–H and O–H groups in total. The van der Waals surface area contributed by atoms with E-state index in [-0.39, 0.29) is 5.91 Å². The fourth-order valence-corrected chi connectivity index (χ4v) is 4.49. The Morgan fingerprint density at radius 1 is 1.12 bits per heavy atom. The average Bonchev–Trinajstić information content (AvgIpc) is 3.12. The molecule has 1 aliphatic heterocycles. The Labute approximate surface area is 151 Å². The molecule has 1 saturated heterocycles. The lowest BCUT2D eigenvalue weighted by atomic mass is 10.2. The van der Waals surface area contributed by atoms with Crippen molar-refractivity contribution in [1.82, 2.24) is 18.5 Å². The molecule has 2 heterocycles. The molecule has 134 valence electrons. The third-order valence-electron chi connectivity index (χ3n) is 4.06. The summed E-state index contributed by atoms with van der Waals surface area (Å²) in [7, 11) is -0.416. The third kappa shape index (κ3) is 3.74. The molecule has 1 aromatic heterocycles. The Morgan fingerprint density at radius 2 is 1.76 bits per heavy atom. The number of aromatic nitrogens is 1. The molecule has 9 heteroatoms. The zero-order valence-electron chi connectivity index (χ0n) is 14.1. The lowest BCUT2D eigenvalue weighted by Gasteiger charge is -2.34. The summed E-state index contributed by atoms with van der Waals surface area (Å²) in [5.74, 6) is -0.152. The first-order valence-corrected chi connectivity index (χ1v) is 10.1. The van der Waals surface area contributed by atoms with E-state index >= 15 is 0 Å². The van der Waals surface area contributed by atoms with Crippen LogP contribution >= 0.6 is 11.3 Å². The molecule has 1 aliphatic rings. The number of hydrogen-bond acceptors (Lipinski definition) is 5. The van der Waals surface area contributed by atoms with Crippen LogP contribution in [0.25, 0.3) is 10.6 Å². The van der Waals surface area contributed by atoms with Crippen LogP contribution in [-0.2, 0) is 10.2 Å². The van der Waals surface area contributed by atoms with Crippen molar-refractivity contribution >= 4 is 27.5 Å². The minimum Gasteiger partial charge on any atom is -0.335 e. The molecule has 0 saturated carbocycles. The largest absolute Gasteiger partial charge is 0.335 e. The van der Waals surface area contributed by atoms with Crippen LogP contribution in [0, 0.1) is 0 Å². The van der Waals surface area contributed by atoms with Gasteiger partial charge < -0.3 is 4.90 Å². The summed E-state index contributed by atoms with van der Waals surface area (Å²) < 4.78 is 26.8. The zero-order chi connectivity index (χ0) is 18.0. The quantitative estimate of drug-likeness (QED) is 0.803. The minimum atomic E-state index is -3.43. The van der Waals surface area contributed by atoms with E-state index in [9.17, 15) is 13.2 Å². The van der Waals surface area contributed by atoms with E-state index in [0.29, 0.717) is 31.9 Å². The molecule has 0 bridgehead atoms. The van der Waals surface area contributed by atoms with Crippen molar-refractivity contribution in [3.63, 3.8) is 0 Å². The van der Waals surface area contributed by atoms with Crippen molar-refractivity contribution in [1.29, 1.82) is 0 Å². The van der Waals surface area contributed by atoms with Gasteiger partial charge in [-0.05, 0) is 0 Å². The highest BCUT2D eigenvalue weighted by molar-refractivity contribution is 7.86. The predicted molar refractivity (Wildman–Crippen MR) is 97.6 cm³/mol. The number of carbonyl (C=O) groups excluding carboxylic acids is 1. The lowest BCUT2D eigenvalue weighted by molar-refractivity contribution is 0.0690. The summed E-state index contributed by atoms with van der Waals surface area (Å²) in [6, 6.07) is 9.71. The zero-order valence-corrected chi connectivity index (χ0v) is 15.8. The van der Waals surface area contributed by atoms with Crippen LogP contribution in [0.5, 0.6) is 0 Å². The van der Waals surface area contributed by atoms with Gasteiger partial charge in [0.1, 0.15) is 10.7 Å². The maximum Gasteiger partial charge on any atom is 0.281 e. The van der Waals surface area contributed by atoms with E-state index in [2.05, 4.69) is 4.98 Å². The Hall–Kier alpha value is -1.81. The van der Waals surface area contributed by atoms with E-state index in [0.717, 1.165) is 10.6 Å². The van der Waals surface area contributed by atoms with Crippen LogP contribution in [0.15, 0.2) is 35.7 Å². The molecule has 7 nitrogen and oxygen atoms in total. The minimum absolute atomic E-state index is 0.152. The second-order valence-electron chi connectivity index (χ2n) is 5.89. The molecule has 3 rings (SSSR count). The van der Waals surface area contributed by atoms with Crippen molar-refractivity contribution in [2.24, 2.45) is 0 Å². The molecule has 1 aromatic carbocycles. The molecule has 0 aliphatic carbocycles. The fraction of sp³-hybridized carbons (Fsp3) is 0.375. The lowest BCUT2D eigenvalue weighted by Crippen LogP contribution is -2.53. The van der Waals surface area contributed by atoms with E-state index < -0.39 is 10.2 Å². The molecular formula is C16H20N4O3S2. The van der Waals surface area contributed by atoms with Crippen molar-refractivity contribution in [3.05, 3.63) is 41.4 Å². The first-order chi connectivity index (χ1) is 11.9. The van der Waals surface area contributed by atoms with Gasteiger partial charge in [0.2, 0.25) is 0 Å². The average molecular weight is 380 g/mol. The fourth-order valence-electron chi connectivity index (χ4n) is 2.60. The third-order valence-corrected chi connectivity index (χ3v) is 6.89. The van der Waals surface area contributed by atoms with Crippen molar-refractivity contribution in [2.45, 2.75) is 0 Å². The second kappa shape index (κ2) is 7.20. The summed E-state index contributed by atoms with van der Waals surface area (Å²) in [5, 5.41) is 2.56. The number of hydrogen-bond donors (Lipinski definition) is 0. The van der Waals surface area contributed by atoms with E-state index in [1.807, 2.05) is 30.3 Å². The number of piperazine rings is 1. The van der Waals surface area contributed by atoms with E-state index in [1.54, 1.807) is 10.3 Å². The van der Waals surface area contributed by atoms with Crippen LogP contribution in [0.4, 0.5) is 0 Å². The number of thiazole rings is 1. The smallest absolute Gasteiger partial charge is 0.281 e. The summed E-state index contributed by atoms with van der Waals surface area (Å²) in [6.07, 6.45) is 0. The van der Waals surface area contributed by atoms with Gasteiger partial charge in [-0.1, -0.05) is 30.3 Å². The van der Waals surface area contributed by atoms with Gasteiger partial charge in [-0.25, -0.2) is 4.98 Å². The van der Waals surface area contributed by atoms with Gasteiger partial charge in [-0.3, -0.25) is 4.79 Å². The first kappa shape index (κ1) is 18.0. The highest BCUT2D eigenvalue weighted by Gasteiger charge is 2.31. The number of carbonyl (C=O) groups is 1. The number of benzene rings is 1. The monoisotopic (exact) mass is 380 g/mol. The van der Waals surface area contributed by atoms with Gasteiger partial charge in [0.15, 0.2) is 0 Å². The standard InChI is InChI=1S/C16H20N4O3S2/c1-18(2)25(22,23)20-10-8-19(9-11-20)16(21)14-12-24-15(17-14)13-6-4-3-5-7-13/h3-7,12H,8-11H2,1-2H3. The van der Waals surface area contributed by atoms with Gasteiger partial charge >= 0.3 is 0 Å². The summed E-state index contributed by atoms with van der Waals surface area (Å²) in [5.41, 5.74) is 1.39. The van der Waals surface area contributed by atoms with Gasteiger partial charge in [0, 0.05) is 51.2 Å². The molecule has 0 atom stereocenters. The van der Waals surface area contributed by atoms with Gasteiger partial charge in [0.05, 0.1) is 0 Å². The number of amides is 1. The molecule has 0 spiro atoms. The van der Waals surface area contributed by atoms with Crippen molar-refractivity contribution in [3.8, 4) is 10.6 Å². The summed E-state index contributed by atoms with van der Waals surface area (Å²) in [6.45, 7) is 1.32. The van der Waals surface area contributed by atoms with E-state index in [4.69, 9.17) is 0 Å². The van der Waals surface area contributed by atoms with Gasteiger partial charge in [-0.15, -0.1) is 11.3 Å². The Balaban J connectivity index is 1.67. The highest BCUT2D eigenvalue weighted by Crippen LogP contribution is 2.24. The normalized spacial score (nSPS) is 16.4. The predicted octanol–water partition coefficient (Wildman–Crippen LogP) is 1.37. The molecule has 1 fully saturated rings.